The van der Waals surface area contributed by atoms with E-state index in [2.05, 4.69) is 5.32 Å². The lowest BCUT2D eigenvalue weighted by Crippen LogP contribution is -2.34. The van der Waals surface area contributed by atoms with Gasteiger partial charge in [-0.15, -0.1) is 11.3 Å². The normalized spacial score (nSPS) is 12.2. The molecule has 0 aliphatic rings. The minimum atomic E-state index is -0.273. The number of hydrogen-bond donors (Lipinski definition) is 1. The number of thiophene rings is 1. The Morgan fingerprint density at radius 3 is 2.58 bits per heavy atom. The Morgan fingerprint density at radius 1 is 1.12 bits per heavy atom. The Hall–Kier alpha value is -2.50. The maximum absolute atomic E-state index is 13.5. The highest BCUT2D eigenvalue weighted by Gasteiger charge is 2.19. The number of likely N-dealkylation sites (N-methyl/N-ethyl adjacent to an activating group) is 1. The van der Waals surface area contributed by atoms with Crippen LogP contribution in [0.2, 0.25) is 0 Å². The van der Waals surface area contributed by atoms with E-state index in [1.807, 2.05) is 66.8 Å². The number of carbonyl (C=O) groups excluding carboxylic acids is 1. The first-order chi connectivity index (χ1) is 12.6. The summed E-state index contributed by atoms with van der Waals surface area (Å²) in [5.41, 5.74) is 2.79. The third-order valence-corrected chi connectivity index (χ3v) is 5.18. The van der Waals surface area contributed by atoms with Gasteiger partial charge in [-0.3, -0.25) is 4.79 Å². The first-order valence-corrected chi connectivity index (χ1v) is 9.27. The van der Waals surface area contributed by atoms with Gasteiger partial charge in [-0.1, -0.05) is 42.5 Å². The molecule has 0 aliphatic heterocycles. The average Bonchev–Trinajstić information content (AvgIpc) is 3.12. The molecule has 3 rings (SSSR count). The molecule has 1 heterocycles. The molecule has 0 saturated heterocycles. The van der Waals surface area contributed by atoms with E-state index in [4.69, 9.17) is 0 Å². The van der Waals surface area contributed by atoms with Crippen molar-refractivity contribution in [3.05, 3.63) is 82.3 Å². The second-order valence-electron chi connectivity index (χ2n) is 6.27. The fourth-order valence-electron chi connectivity index (χ4n) is 2.91. The van der Waals surface area contributed by atoms with Gasteiger partial charge in [-0.2, -0.15) is 0 Å². The molecular weight excluding hydrogens is 347 g/mol. The molecule has 5 heteroatoms. The fraction of sp³-hybridized carbons (Fsp3) is 0.190. The van der Waals surface area contributed by atoms with Crippen molar-refractivity contribution in [2.45, 2.75) is 6.04 Å². The van der Waals surface area contributed by atoms with Gasteiger partial charge in [-0.25, -0.2) is 4.39 Å². The Morgan fingerprint density at radius 2 is 1.88 bits per heavy atom. The van der Waals surface area contributed by atoms with Gasteiger partial charge in [0, 0.05) is 12.1 Å². The number of halogens is 1. The molecule has 0 aliphatic carbocycles. The summed E-state index contributed by atoms with van der Waals surface area (Å²) < 4.78 is 13.5. The summed E-state index contributed by atoms with van der Waals surface area (Å²) in [5.74, 6) is -0.382. The lowest BCUT2D eigenvalue weighted by atomic mass is 10.0. The van der Waals surface area contributed by atoms with Crippen molar-refractivity contribution in [2.24, 2.45) is 0 Å². The third-order valence-electron chi connectivity index (χ3n) is 4.27. The Labute approximate surface area is 157 Å². The minimum Gasteiger partial charge on any atom is -0.349 e. The summed E-state index contributed by atoms with van der Waals surface area (Å²) >= 11 is 1.43. The minimum absolute atomic E-state index is 0.102. The Bertz CT molecular complexity index is 876. The third kappa shape index (κ3) is 4.18. The topological polar surface area (TPSA) is 32.3 Å². The zero-order valence-electron chi connectivity index (χ0n) is 14.8. The van der Waals surface area contributed by atoms with E-state index >= 15 is 0 Å². The van der Waals surface area contributed by atoms with Crippen LogP contribution in [0.3, 0.4) is 0 Å². The molecule has 1 aromatic heterocycles. The fourth-order valence-corrected chi connectivity index (χ4v) is 3.74. The summed E-state index contributed by atoms with van der Waals surface area (Å²) in [5, 5.41) is 4.93. The number of rotatable bonds is 6. The van der Waals surface area contributed by atoms with E-state index in [1.165, 1.54) is 23.5 Å². The molecule has 0 saturated carbocycles. The number of nitrogens with zero attached hydrogens (tertiary/aromatic N) is 1. The molecule has 0 radical (unpaired) electrons. The van der Waals surface area contributed by atoms with Gasteiger partial charge in [0.2, 0.25) is 0 Å². The van der Waals surface area contributed by atoms with Crippen molar-refractivity contribution in [1.82, 2.24) is 10.2 Å². The van der Waals surface area contributed by atoms with Crippen LogP contribution >= 0.6 is 11.3 Å². The molecule has 26 heavy (non-hydrogen) atoms. The maximum atomic E-state index is 13.5. The highest BCUT2D eigenvalue weighted by atomic mass is 32.1. The second-order valence-corrected chi connectivity index (χ2v) is 7.19. The quantitative estimate of drug-likeness (QED) is 0.690. The predicted octanol–water partition coefficient (Wildman–Crippen LogP) is 4.59. The molecule has 134 valence electrons. The van der Waals surface area contributed by atoms with Crippen LogP contribution < -0.4 is 5.32 Å². The van der Waals surface area contributed by atoms with Crippen molar-refractivity contribution in [3.63, 3.8) is 0 Å². The zero-order chi connectivity index (χ0) is 18.5. The van der Waals surface area contributed by atoms with Crippen LogP contribution in [0.1, 0.15) is 21.3 Å². The van der Waals surface area contributed by atoms with Crippen LogP contribution in [0.4, 0.5) is 4.39 Å². The summed E-state index contributed by atoms with van der Waals surface area (Å²) in [6.45, 7) is 0.404. The van der Waals surface area contributed by atoms with E-state index in [0.717, 1.165) is 16.7 Å². The van der Waals surface area contributed by atoms with Gasteiger partial charge in [-0.05, 0) is 48.8 Å². The van der Waals surface area contributed by atoms with Gasteiger partial charge in [0.25, 0.3) is 5.91 Å². The van der Waals surface area contributed by atoms with E-state index in [9.17, 15) is 9.18 Å². The number of benzene rings is 2. The van der Waals surface area contributed by atoms with Crippen LogP contribution in [-0.4, -0.2) is 31.4 Å². The van der Waals surface area contributed by atoms with E-state index in [0.29, 0.717) is 11.4 Å². The zero-order valence-corrected chi connectivity index (χ0v) is 15.6. The monoisotopic (exact) mass is 368 g/mol. The van der Waals surface area contributed by atoms with Crippen LogP contribution in [0.25, 0.3) is 11.1 Å². The smallest absolute Gasteiger partial charge is 0.262 e. The molecule has 1 N–H and O–H groups in total. The molecule has 0 bridgehead atoms. The van der Waals surface area contributed by atoms with Gasteiger partial charge in [0.15, 0.2) is 0 Å². The van der Waals surface area contributed by atoms with Crippen molar-refractivity contribution in [1.29, 1.82) is 0 Å². The molecule has 1 unspecified atom stereocenters. The van der Waals surface area contributed by atoms with Crippen molar-refractivity contribution >= 4 is 17.2 Å². The van der Waals surface area contributed by atoms with Crippen molar-refractivity contribution in [2.75, 3.05) is 20.6 Å². The summed E-state index contributed by atoms with van der Waals surface area (Å²) in [6.07, 6.45) is 0. The molecule has 3 aromatic rings. The highest BCUT2D eigenvalue weighted by Crippen LogP contribution is 2.28. The largest absolute Gasteiger partial charge is 0.349 e. The molecule has 2 aromatic carbocycles. The SMILES string of the molecule is CN(C)C(CNC(=O)c1sccc1-c1ccccc1)c1cccc(F)c1. The van der Waals surface area contributed by atoms with Gasteiger partial charge >= 0.3 is 0 Å². The predicted molar refractivity (Wildman–Crippen MR) is 105 cm³/mol. The van der Waals surface area contributed by atoms with Crippen LogP contribution in [0.15, 0.2) is 66.0 Å². The molecule has 0 spiro atoms. The van der Waals surface area contributed by atoms with E-state index in [-0.39, 0.29) is 17.8 Å². The van der Waals surface area contributed by atoms with Gasteiger partial charge in [0.1, 0.15) is 5.82 Å². The number of hydrogen-bond acceptors (Lipinski definition) is 3. The lowest BCUT2D eigenvalue weighted by Gasteiger charge is -2.25. The van der Waals surface area contributed by atoms with Crippen LogP contribution in [-0.2, 0) is 0 Å². The van der Waals surface area contributed by atoms with E-state index in [1.54, 1.807) is 6.07 Å². The summed E-state index contributed by atoms with van der Waals surface area (Å²) in [6, 6.07) is 18.2. The van der Waals surface area contributed by atoms with Gasteiger partial charge in [0.05, 0.1) is 10.9 Å². The van der Waals surface area contributed by atoms with Gasteiger partial charge < -0.3 is 10.2 Å². The lowest BCUT2D eigenvalue weighted by molar-refractivity contribution is 0.0946. The summed E-state index contributed by atoms with van der Waals surface area (Å²) in [7, 11) is 3.84. The van der Waals surface area contributed by atoms with E-state index < -0.39 is 0 Å². The molecule has 0 fully saturated rings. The standard InChI is InChI=1S/C21H21FN2OS/c1-24(2)19(16-9-6-10-17(22)13-16)14-23-21(25)20-18(11-12-26-20)15-7-4-3-5-8-15/h3-13,19H,14H2,1-2H3,(H,23,25). The number of carbonyl (C=O) groups is 1. The first-order valence-electron chi connectivity index (χ1n) is 8.39. The van der Waals surface area contributed by atoms with Crippen LogP contribution in [0.5, 0.6) is 0 Å². The highest BCUT2D eigenvalue weighted by molar-refractivity contribution is 7.12. The van der Waals surface area contributed by atoms with Crippen molar-refractivity contribution in [3.8, 4) is 11.1 Å². The number of nitrogens with one attached hydrogen (secondary N) is 1. The summed E-state index contributed by atoms with van der Waals surface area (Å²) in [4.78, 5) is 15.4. The molecular formula is C21H21FN2OS. The molecule has 3 nitrogen and oxygen atoms in total. The second kappa shape index (κ2) is 8.25. The molecule has 1 atom stereocenters. The Balaban J connectivity index is 1.75. The maximum Gasteiger partial charge on any atom is 0.262 e. The van der Waals surface area contributed by atoms with Crippen molar-refractivity contribution < 1.29 is 9.18 Å². The first kappa shape index (κ1) is 18.3. The number of amides is 1. The average molecular weight is 368 g/mol. The molecule has 1 amide bonds. The van der Waals surface area contributed by atoms with Crippen LogP contribution in [0, 0.1) is 5.82 Å². The Kier molecular flexibility index (Phi) is 5.81.